The Kier molecular flexibility index (Phi) is 8.35. The molecular weight excluding hydrogens is 446 g/mol. The van der Waals surface area contributed by atoms with Crippen LogP contribution in [-0.4, -0.2) is 38.6 Å². The molecule has 1 heterocycles. The van der Waals surface area contributed by atoms with Gasteiger partial charge in [0.2, 0.25) is 5.91 Å². The molecule has 8 heteroatoms. The number of nitrogens with one attached hydrogen (secondary N) is 1. The molecule has 2 aromatic carbocycles. The number of carbonyl (C=O) groups is 1. The summed E-state index contributed by atoms with van der Waals surface area (Å²) in [5.41, 5.74) is 1.10. The molecule has 2 atom stereocenters. The average molecular weight is 478 g/mol. The number of hydrogen-bond acceptors (Lipinski definition) is 6. The first-order valence-corrected chi connectivity index (χ1v) is 12.2. The lowest BCUT2D eigenvalue weighted by atomic mass is 9.90. The van der Waals surface area contributed by atoms with Gasteiger partial charge in [0.15, 0.2) is 11.0 Å². The zero-order valence-electron chi connectivity index (χ0n) is 20.3. The number of ether oxygens (including phenoxy) is 1. The molecule has 0 fully saturated rings. The Labute approximate surface area is 205 Å². The van der Waals surface area contributed by atoms with E-state index in [4.69, 9.17) is 4.74 Å². The van der Waals surface area contributed by atoms with Gasteiger partial charge in [-0.3, -0.25) is 4.79 Å². The Balaban J connectivity index is 1.90. The number of aryl methyl sites for hydroxylation is 1. The molecule has 0 aliphatic heterocycles. The summed E-state index contributed by atoms with van der Waals surface area (Å²) >= 11 is 1.33. The number of rotatable bonds is 10. The minimum absolute atomic E-state index is 0.0228. The lowest BCUT2D eigenvalue weighted by molar-refractivity contribution is -0.121. The van der Waals surface area contributed by atoms with E-state index in [0.717, 1.165) is 12.0 Å². The highest BCUT2D eigenvalue weighted by molar-refractivity contribution is 8.00. The summed E-state index contributed by atoms with van der Waals surface area (Å²) in [6.45, 7) is 8.04. The topological polar surface area (TPSA) is 92.8 Å². The van der Waals surface area contributed by atoms with E-state index in [2.05, 4.69) is 33.7 Å². The second-order valence-corrected chi connectivity index (χ2v) is 9.92. The van der Waals surface area contributed by atoms with Crippen molar-refractivity contribution in [2.75, 3.05) is 7.11 Å². The molecule has 0 saturated heterocycles. The number of nitriles is 1. The number of amides is 1. The molecule has 1 N–H and O–H groups in total. The standard InChI is InChI=1S/C26H31N5O2S/c1-18(2)26(4,17-27)28-24(32)19(3)34-25-30-29-23(21-13-9-10-14-22(21)33-5)31(25)16-15-20-11-7-6-8-12-20/h6-14,18-19H,15-16H2,1-5H3,(H,28,32). The van der Waals surface area contributed by atoms with Crippen LogP contribution in [0.3, 0.4) is 0 Å². The van der Waals surface area contributed by atoms with Gasteiger partial charge in [-0.25, -0.2) is 0 Å². The highest BCUT2D eigenvalue weighted by atomic mass is 32.2. The summed E-state index contributed by atoms with van der Waals surface area (Å²) in [7, 11) is 1.63. The van der Waals surface area contributed by atoms with Crippen molar-refractivity contribution in [2.24, 2.45) is 5.92 Å². The van der Waals surface area contributed by atoms with Crippen molar-refractivity contribution in [3.63, 3.8) is 0 Å². The van der Waals surface area contributed by atoms with Crippen LogP contribution in [0.4, 0.5) is 0 Å². The molecule has 0 radical (unpaired) electrons. The van der Waals surface area contributed by atoms with Gasteiger partial charge in [-0.1, -0.05) is 68.1 Å². The zero-order valence-corrected chi connectivity index (χ0v) is 21.1. The number of aromatic nitrogens is 3. The molecule has 7 nitrogen and oxygen atoms in total. The number of carbonyl (C=O) groups excluding carboxylic acids is 1. The fraction of sp³-hybridized carbons (Fsp3) is 0.385. The van der Waals surface area contributed by atoms with Crippen molar-refractivity contribution in [2.45, 2.75) is 56.6 Å². The van der Waals surface area contributed by atoms with Gasteiger partial charge < -0.3 is 14.6 Å². The summed E-state index contributed by atoms with van der Waals surface area (Å²) in [5, 5.41) is 21.5. The maximum absolute atomic E-state index is 12.9. The molecule has 3 rings (SSSR count). The lowest BCUT2D eigenvalue weighted by Gasteiger charge is -2.28. The maximum atomic E-state index is 12.9. The van der Waals surface area contributed by atoms with Crippen molar-refractivity contribution in [3.8, 4) is 23.2 Å². The summed E-state index contributed by atoms with van der Waals surface area (Å²) < 4.78 is 7.59. The SMILES string of the molecule is COc1ccccc1-c1nnc(SC(C)C(=O)NC(C)(C#N)C(C)C)n1CCc1ccccc1. The van der Waals surface area contributed by atoms with E-state index in [0.29, 0.717) is 23.3 Å². The molecule has 1 amide bonds. The van der Waals surface area contributed by atoms with Gasteiger partial charge in [-0.2, -0.15) is 5.26 Å². The molecular formula is C26H31N5O2S. The number of methoxy groups -OCH3 is 1. The molecule has 3 aromatic rings. The van der Waals surface area contributed by atoms with Gasteiger partial charge in [-0.15, -0.1) is 10.2 Å². The van der Waals surface area contributed by atoms with E-state index < -0.39 is 10.8 Å². The quantitative estimate of drug-likeness (QED) is 0.424. The second-order valence-electron chi connectivity index (χ2n) is 8.61. The fourth-order valence-corrected chi connectivity index (χ4v) is 4.24. The van der Waals surface area contributed by atoms with Crippen LogP contribution >= 0.6 is 11.8 Å². The maximum Gasteiger partial charge on any atom is 0.234 e. The van der Waals surface area contributed by atoms with E-state index >= 15 is 0 Å². The van der Waals surface area contributed by atoms with Crippen LogP contribution in [0.15, 0.2) is 59.8 Å². The van der Waals surface area contributed by atoms with Crippen LogP contribution in [0, 0.1) is 17.2 Å². The van der Waals surface area contributed by atoms with E-state index in [9.17, 15) is 10.1 Å². The Morgan fingerprint density at radius 3 is 2.47 bits per heavy atom. The first-order valence-electron chi connectivity index (χ1n) is 11.3. The smallest absolute Gasteiger partial charge is 0.234 e. The van der Waals surface area contributed by atoms with Crippen molar-refractivity contribution in [1.29, 1.82) is 5.26 Å². The minimum Gasteiger partial charge on any atom is -0.496 e. The molecule has 1 aromatic heterocycles. The molecule has 178 valence electrons. The summed E-state index contributed by atoms with van der Waals surface area (Å²) in [6.07, 6.45) is 0.787. The molecule has 0 spiro atoms. The summed E-state index contributed by atoms with van der Waals surface area (Å²) in [4.78, 5) is 12.9. The van der Waals surface area contributed by atoms with E-state index in [1.807, 2.05) is 67.8 Å². The molecule has 0 saturated carbocycles. The predicted octanol–water partition coefficient (Wildman–Crippen LogP) is 4.73. The Morgan fingerprint density at radius 1 is 1.15 bits per heavy atom. The van der Waals surface area contributed by atoms with Crippen LogP contribution in [-0.2, 0) is 17.8 Å². The molecule has 2 unspecified atom stereocenters. The third-order valence-electron chi connectivity index (χ3n) is 5.95. The Bertz CT molecular complexity index is 1160. The number of benzene rings is 2. The molecule has 34 heavy (non-hydrogen) atoms. The Hall–Kier alpha value is -3.31. The van der Waals surface area contributed by atoms with Crippen LogP contribution in [0.2, 0.25) is 0 Å². The highest BCUT2D eigenvalue weighted by Gasteiger charge is 2.32. The highest BCUT2D eigenvalue weighted by Crippen LogP contribution is 2.32. The Morgan fingerprint density at radius 2 is 1.82 bits per heavy atom. The van der Waals surface area contributed by atoms with Gasteiger partial charge in [0, 0.05) is 6.54 Å². The van der Waals surface area contributed by atoms with E-state index in [1.54, 1.807) is 14.0 Å². The van der Waals surface area contributed by atoms with Crippen LogP contribution < -0.4 is 10.1 Å². The number of nitrogens with zero attached hydrogens (tertiary/aromatic N) is 4. The fourth-order valence-electron chi connectivity index (χ4n) is 3.36. The number of hydrogen-bond donors (Lipinski definition) is 1. The summed E-state index contributed by atoms with van der Waals surface area (Å²) in [6, 6.07) is 20.1. The van der Waals surface area contributed by atoms with Gasteiger partial charge in [-0.05, 0) is 43.9 Å². The first-order chi connectivity index (χ1) is 16.3. The van der Waals surface area contributed by atoms with E-state index in [1.165, 1.54) is 17.3 Å². The van der Waals surface area contributed by atoms with Gasteiger partial charge >= 0.3 is 0 Å². The van der Waals surface area contributed by atoms with Crippen LogP contribution in [0.25, 0.3) is 11.4 Å². The van der Waals surface area contributed by atoms with Gasteiger partial charge in [0.1, 0.15) is 11.3 Å². The van der Waals surface area contributed by atoms with Gasteiger partial charge in [0.25, 0.3) is 0 Å². The third-order valence-corrected chi connectivity index (χ3v) is 7.03. The monoisotopic (exact) mass is 477 g/mol. The van der Waals surface area contributed by atoms with Crippen LogP contribution in [0.5, 0.6) is 5.75 Å². The summed E-state index contributed by atoms with van der Waals surface area (Å²) in [5.74, 6) is 1.16. The lowest BCUT2D eigenvalue weighted by Crippen LogP contribution is -2.51. The van der Waals surface area contributed by atoms with Gasteiger partial charge in [0.05, 0.1) is 24.0 Å². The average Bonchev–Trinajstić information content (AvgIpc) is 3.24. The van der Waals surface area contributed by atoms with Crippen molar-refractivity contribution < 1.29 is 9.53 Å². The predicted molar refractivity (Wildman–Crippen MR) is 134 cm³/mol. The van der Waals surface area contributed by atoms with E-state index in [-0.39, 0.29) is 11.8 Å². The first kappa shape index (κ1) is 25.3. The largest absolute Gasteiger partial charge is 0.496 e. The molecule has 0 aliphatic carbocycles. The normalized spacial score (nSPS) is 13.7. The van der Waals surface area contributed by atoms with Crippen LogP contribution in [0.1, 0.15) is 33.3 Å². The van der Waals surface area contributed by atoms with Crippen molar-refractivity contribution in [1.82, 2.24) is 20.1 Å². The third kappa shape index (κ3) is 5.78. The second kappa shape index (κ2) is 11.2. The molecule has 0 bridgehead atoms. The number of thioether (sulfide) groups is 1. The molecule has 0 aliphatic rings. The number of para-hydroxylation sites is 1. The van der Waals surface area contributed by atoms with Crippen molar-refractivity contribution >= 4 is 17.7 Å². The minimum atomic E-state index is -0.935. The van der Waals surface area contributed by atoms with Crippen molar-refractivity contribution in [3.05, 3.63) is 60.2 Å². The zero-order chi connectivity index (χ0) is 24.7.